The van der Waals surface area contributed by atoms with Gasteiger partial charge in [0, 0.05) is 12.6 Å². The lowest BCUT2D eigenvalue weighted by atomic mass is 10.1. The Labute approximate surface area is 112 Å². The summed E-state index contributed by atoms with van der Waals surface area (Å²) < 4.78 is 34.0. The van der Waals surface area contributed by atoms with E-state index in [0.717, 1.165) is 5.56 Å². The predicted molar refractivity (Wildman–Crippen MR) is 70.6 cm³/mol. The number of benzene rings is 1. The molecule has 1 rings (SSSR count). The van der Waals surface area contributed by atoms with Crippen LogP contribution >= 0.6 is 0 Å². The molecule has 1 N–H and O–H groups in total. The van der Waals surface area contributed by atoms with E-state index < -0.39 is 6.61 Å². The van der Waals surface area contributed by atoms with E-state index >= 15 is 0 Å². The number of nitrogens with one attached hydrogen (secondary N) is 1. The molecule has 0 saturated carbocycles. The van der Waals surface area contributed by atoms with Crippen LogP contribution in [0.5, 0.6) is 5.75 Å². The fraction of sp³-hybridized carbons (Fsp3) is 0.571. The zero-order valence-electron chi connectivity index (χ0n) is 11.5. The summed E-state index contributed by atoms with van der Waals surface area (Å²) in [6, 6.07) is 6.77. The minimum Gasteiger partial charge on any atom is -0.435 e. The third-order valence-electron chi connectivity index (χ3n) is 2.59. The van der Waals surface area contributed by atoms with Crippen molar-refractivity contribution in [2.45, 2.75) is 39.5 Å². The molecule has 0 amide bonds. The van der Waals surface area contributed by atoms with Crippen LogP contribution in [0.3, 0.4) is 0 Å². The van der Waals surface area contributed by atoms with Crippen LogP contribution in [0.1, 0.15) is 32.4 Å². The maximum atomic E-state index is 12.1. The van der Waals surface area contributed by atoms with E-state index in [2.05, 4.69) is 10.1 Å². The van der Waals surface area contributed by atoms with Gasteiger partial charge in [-0.25, -0.2) is 0 Å². The molecule has 1 atom stereocenters. The smallest absolute Gasteiger partial charge is 0.387 e. The second-order valence-electron chi connectivity index (χ2n) is 4.55. The molecule has 1 unspecified atom stereocenters. The Kier molecular flexibility index (Phi) is 6.73. The second kappa shape index (κ2) is 8.07. The first-order valence-corrected chi connectivity index (χ1v) is 6.38. The molecule has 5 heteroatoms. The lowest BCUT2D eigenvalue weighted by Crippen LogP contribution is -2.24. The molecule has 0 spiro atoms. The van der Waals surface area contributed by atoms with Crippen LogP contribution in [-0.4, -0.2) is 25.9 Å². The van der Waals surface area contributed by atoms with E-state index in [0.29, 0.717) is 13.2 Å². The average Bonchev–Trinajstić information content (AvgIpc) is 2.33. The van der Waals surface area contributed by atoms with Gasteiger partial charge < -0.3 is 14.8 Å². The highest BCUT2D eigenvalue weighted by Gasteiger charge is 2.08. The Balaban J connectivity index is 2.45. The Morgan fingerprint density at radius 1 is 1.21 bits per heavy atom. The molecule has 0 fully saturated rings. The van der Waals surface area contributed by atoms with Gasteiger partial charge in [0.1, 0.15) is 5.75 Å². The summed E-state index contributed by atoms with van der Waals surface area (Å²) in [6.07, 6.45) is 0.208. The second-order valence-corrected chi connectivity index (χ2v) is 4.55. The molecule has 1 aromatic rings. The molecule has 108 valence electrons. The normalized spacial score (nSPS) is 13.0. The number of hydrogen-bond donors (Lipinski definition) is 1. The van der Waals surface area contributed by atoms with Crippen LogP contribution in [-0.2, 0) is 4.74 Å². The van der Waals surface area contributed by atoms with E-state index in [-0.39, 0.29) is 17.9 Å². The van der Waals surface area contributed by atoms with Crippen molar-refractivity contribution in [2.24, 2.45) is 0 Å². The van der Waals surface area contributed by atoms with Crippen LogP contribution in [0.2, 0.25) is 0 Å². The maximum Gasteiger partial charge on any atom is 0.387 e. The summed E-state index contributed by atoms with van der Waals surface area (Å²) in [4.78, 5) is 0. The fourth-order valence-electron chi connectivity index (χ4n) is 1.65. The van der Waals surface area contributed by atoms with Gasteiger partial charge in [0.05, 0.1) is 12.7 Å². The topological polar surface area (TPSA) is 30.5 Å². The molecule has 0 bridgehead atoms. The third kappa shape index (κ3) is 6.50. The summed E-state index contributed by atoms with van der Waals surface area (Å²) in [7, 11) is 0. The van der Waals surface area contributed by atoms with Crippen LogP contribution in [0.15, 0.2) is 24.3 Å². The van der Waals surface area contributed by atoms with Crippen LogP contribution in [0, 0.1) is 0 Å². The highest BCUT2D eigenvalue weighted by molar-refractivity contribution is 5.30. The summed E-state index contributed by atoms with van der Waals surface area (Å²) >= 11 is 0. The Morgan fingerprint density at radius 3 is 2.58 bits per heavy atom. The van der Waals surface area contributed by atoms with E-state index in [9.17, 15) is 8.78 Å². The van der Waals surface area contributed by atoms with Crippen molar-refractivity contribution in [3.63, 3.8) is 0 Å². The highest BCUT2D eigenvalue weighted by Crippen LogP contribution is 2.20. The van der Waals surface area contributed by atoms with Crippen molar-refractivity contribution < 1.29 is 18.3 Å². The van der Waals surface area contributed by atoms with Crippen molar-refractivity contribution in [1.82, 2.24) is 5.32 Å². The van der Waals surface area contributed by atoms with Crippen molar-refractivity contribution in [3.05, 3.63) is 29.8 Å². The van der Waals surface area contributed by atoms with Gasteiger partial charge >= 0.3 is 6.61 Å². The van der Waals surface area contributed by atoms with Gasteiger partial charge in [0.15, 0.2) is 0 Å². The Hall–Kier alpha value is -1.20. The first-order valence-electron chi connectivity index (χ1n) is 6.38. The first-order chi connectivity index (χ1) is 8.99. The van der Waals surface area contributed by atoms with Crippen LogP contribution < -0.4 is 10.1 Å². The van der Waals surface area contributed by atoms with Gasteiger partial charge in [-0.1, -0.05) is 12.1 Å². The van der Waals surface area contributed by atoms with Crippen LogP contribution in [0.4, 0.5) is 8.78 Å². The molecule has 0 aliphatic heterocycles. The molecule has 0 saturated heterocycles. The van der Waals surface area contributed by atoms with Gasteiger partial charge in [-0.05, 0) is 38.5 Å². The standard InChI is InChI=1S/C14H21F2NO2/c1-10(2)18-8-7-17-11(3)12-5-4-6-13(9-12)19-14(15)16/h4-6,9-11,14,17H,7-8H2,1-3H3. The van der Waals surface area contributed by atoms with Gasteiger partial charge in [0.25, 0.3) is 0 Å². The van der Waals surface area contributed by atoms with E-state index in [1.54, 1.807) is 12.1 Å². The number of alkyl halides is 2. The first kappa shape index (κ1) is 15.9. The molecule has 3 nitrogen and oxygen atoms in total. The predicted octanol–water partition coefficient (Wildman–Crippen LogP) is 3.36. The number of hydrogen-bond acceptors (Lipinski definition) is 3. The van der Waals surface area contributed by atoms with Gasteiger partial charge in [0.2, 0.25) is 0 Å². The number of ether oxygens (including phenoxy) is 2. The lowest BCUT2D eigenvalue weighted by Gasteiger charge is -2.16. The quantitative estimate of drug-likeness (QED) is 0.737. The SMILES string of the molecule is CC(C)OCCNC(C)c1cccc(OC(F)F)c1. The summed E-state index contributed by atoms with van der Waals surface area (Å²) in [6.45, 7) is 4.46. The van der Waals surface area contributed by atoms with Crippen molar-refractivity contribution in [2.75, 3.05) is 13.2 Å². The molecular formula is C14H21F2NO2. The zero-order valence-corrected chi connectivity index (χ0v) is 11.5. The summed E-state index contributed by atoms with van der Waals surface area (Å²) in [5.41, 5.74) is 0.905. The summed E-state index contributed by atoms with van der Waals surface area (Å²) in [5.74, 6) is 0.180. The van der Waals surface area contributed by atoms with Crippen molar-refractivity contribution in [3.8, 4) is 5.75 Å². The number of halogens is 2. The zero-order chi connectivity index (χ0) is 14.3. The molecule has 0 aromatic heterocycles. The molecule has 19 heavy (non-hydrogen) atoms. The van der Waals surface area contributed by atoms with E-state index in [1.807, 2.05) is 26.8 Å². The minimum absolute atomic E-state index is 0.0528. The van der Waals surface area contributed by atoms with E-state index in [1.165, 1.54) is 6.07 Å². The molecule has 0 radical (unpaired) electrons. The van der Waals surface area contributed by atoms with Gasteiger partial charge in [-0.15, -0.1) is 0 Å². The molecular weight excluding hydrogens is 252 g/mol. The van der Waals surface area contributed by atoms with Crippen molar-refractivity contribution in [1.29, 1.82) is 0 Å². The van der Waals surface area contributed by atoms with Gasteiger partial charge in [-0.3, -0.25) is 0 Å². The fourth-order valence-corrected chi connectivity index (χ4v) is 1.65. The highest BCUT2D eigenvalue weighted by atomic mass is 19.3. The molecule has 0 aliphatic rings. The van der Waals surface area contributed by atoms with Crippen LogP contribution in [0.25, 0.3) is 0 Å². The minimum atomic E-state index is -2.79. The monoisotopic (exact) mass is 273 g/mol. The Morgan fingerprint density at radius 2 is 1.95 bits per heavy atom. The van der Waals surface area contributed by atoms with Gasteiger partial charge in [-0.2, -0.15) is 8.78 Å². The molecule has 0 heterocycles. The average molecular weight is 273 g/mol. The van der Waals surface area contributed by atoms with E-state index in [4.69, 9.17) is 4.74 Å². The summed E-state index contributed by atoms with van der Waals surface area (Å²) in [5, 5.41) is 3.27. The number of rotatable bonds is 8. The third-order valence-corrected chi connectivity index (χ3v) is 2.59. The Bertz CT molecular complexity index is 372. The lowest BCUT2D eigenvalue weighted by molar-refractivity contribution is -0.0499. The maximum absolute atomic E-state index is 12.1. The molecule has 1 aromatic carbocycles. The largest absolute Gasteiger partial charge is 0.435 e. The van der Waals surface area contributed by atoms with Crippen molar-refractivity contribution >= 4 is 0 Å². The molecule has 0 aliphatic carbocycles.